The Morgan fingerprint density at radius 1 is 0.848 bits per heavy atom. The summed E-state index contributed by atoms with van der Waals surface area (Å²) in [4.78, 5) is 69.4. The predicted octanol–water partition coefficient (Wildman–Crippen LogP) is 4.97. The Kier molecular flexibility index (Phi) is 10.2. The lowest BCUT2D eigenvalue weighted by molar-refractivity contribution is -0.384. The van der Waals surface area contributed by atoms with Crippen LogP contribution < -0.4 is 4.90 Å². The van der Waals surface area contributed by atoms with E-state index in [0.717, 1.165) is 34.5 Å². The summed E-state index contributed by atoms with van der Waals surface area (Å²) in [6, 6.07) is 16.9. The Morgan fingerprint density at radius 3 is 2.04 bits per heavy atom. The Morgan fingerprint density at radius 2 is 1.50 bits per heavy atom. The molecule has 4 rings (SSSR count). The second-order valence-electron chi connectivity index (χ2n) is 9.25. The van der Waals surface area contributed by atoms with Crippen molar-refractivity contribution in [2.45, 2.75) is 6.04 Å². The number of methoxy groups -OCH3 is 4. The predicted molar refractivity (Wildman–Crippen MR) is 161 cm³/mol. The smallest absolute Gasteiger partial charge is 0.374 e. The van der Waals surface area contributed by atoms with E-state index in [1.807, 2.05) is 0 Å². The first-order chi connectivity index (χ1) is 22.2. The second-order valence-corrected chi connectivity index (χ2v) is 9.25. The van der Waals surface area contributed by atoms with Crippen LogP contribution in [0.25, 0.3) is 11.3 Å². The van der Waals surface area contributed by atoms with Gasteiger partial charge in [-0.2, -0.15) is 0 Å². The largest absolute Gasteiger partial charge is 0.466 e. The number of carbonyl (C=O) groups is 4. The van der Waals surface area contributed by atoms with Crippen molar-refractivity contribution >= 4 is 40.9 Å². The number of hydrogen-bond donors (Lipinski definition) is 0. The summed E-state index contributed by atoms with van der Waals surface area (Å²) in [6.45, 7) is 0. The number of esters is 4. The fraction of sp³-hybridized carbons (Fsp3) is 0.156. The van der Waals surface area contributed by atoms with Crippen LogP contribution in [0.1, 0.15) is 32.6 Å². The normalized spacial score (nSPS) is 11.6. The Hall–Kier alpha value is -6.31. The number of anilines is 2. The number of nitro benzene ring substituents is 1. The number of nitrogens with zero attached hydrogens (tertiary/aromatic N) is 3. The van der Waals surface area contributed by atoms with Crippen molar-refractivity contribution in [2.24, 2.45) is 0 Å². The molecule has 0 spiro atoms. The minimum Gasteiger partial charge on any atom is -0.466 e. The molecule has 0 saturated heterocycles. The van der Waals surface area contributed by atoms with Crippen LogP contribution in [0.5, 0.6) is 0 Å². The summed E-state index contributed by atoms with van der Waals surface area (Å²) in [7, 11) is 4.41. The number of nitro groups is 1. The first-order valence-electron chi connectivity index (χ1n) is 13.4. The number of rotatable bonds is 11. The van der Waals surface area contributed by atoms with Gasteiger partial charge in [-0.15, -0.1) is 0 Å². The van der Waals surface area contributed by atoms with Crippen LogP contribution in [0.4, 0.5) is 17.1 Å². The summed E-state index contributed by atoms with van der Waals surface area (Å²) in [6.07, 6.45) is 2.37. The summed E-state index contributed by atoms with van der Waals surface area (Å²) in [5.74, 6) is -4.62. The van der Waals surface area contributed by atoms with E-state index in [0.29, 0.717) is 5.69 Å². The van der Waals surface area contributed by atoms with Gasteiger partial charge in [-0.1, -0.05) is 24.3 Å². The SMILES string of the molecule is COC(=O)/C=C(\C(=O)OC)C(c1ccccn1)N(c1ccccc1)c1c(-c2ccc([N+](=O)[O-])cc2)oc(C(=O)OC)c1C(=O)OC. The standard InChI is InChI=1S/C32H27N3O11/c1-42-24(36)18-22(30(37)43-2)26(23-12-8-9-17-33-23)34(20-10-6-5-7-11-20)27-25(31(38)44-3)29(32(39)45-4)46-28(27)19-13-15-21(16-14-19)35(40)41/h5-18,26H,1-4H3/b22-18-. The number of furan rings is 1. The number of non-ortho nitro benzene ring substituents is 1. The van der Waals surface area contributed by atoms with Crippen molar-refractivity contribution < 1.29 is 47.5 Å². The Balaban J connectivity index is 2.23. The van der Waals surface area contributed by atoms with Crippen molar-refractivity contribution in [3.8, 4) is 11.3 Å². The molecule has 0 aliphatic carbocycles. The van der Waals surface area contributed by atoms with Gasteiger partial charge in [-0.25, -0.2) is 19.2 Å². The van der Waals surface area contributed by atoms with Crippen LogP contribution in [-0.4, -0.2) is 62.2 Å². The number of ether oxygens (including phenoxy) is 4. The van der Waals surface area contributed by atoms with Gasteiger partial charge in [0.05, 0.1) is 44.6 Å². The van der Waals surface area contributed by atoms with Crippen LogP contribution in [0, 0.1) is 10.1 Å². The van der Waals surface area contributed by atoms with Gasteiger partial charge >= 0.3 is 23.9 Å². The van der Waals surface area contributed by atoms with Crippen LogP contribution in [0.3, 0.4) is 0 Å². The summed E-state index contributed by atoms with van der Waals surface area (Å²) in [5, 5.41) is 11.4. The molecule has 0 fully saturated rings. The lowest BCUT2D eigenvalue weighted by Crippen LogP contribution is -2.31. The minimum absolute atomic E-state index is 0.123. The van der Waals surface area contributed by atoms with Crippen LogP contribution in [-0.2, 0) is 28.5 Å². The van der Waals surface area contributed by atoms with E-state index in [1.54, 1.807) is 48.5 Å². The third kappa shape index (κ3) is 6.60. The number of hydrogen-bond acceptors (Lipinski definition) is 13. The third-order valence-corrected chi connectivity index (χ3v) is 6.68. The zero-order valence-electron chi connectivity index (χ0n) is 25.0. The van der Waals surface area contributed by atoms with E-state index < -0.39 is 46.2 Å². The first kappa shape index (κ1) is 32.6. The van der Waals surface area contributed by atoms with E-state index in [1.165, 1.54) is 35.4 Å². The summed E-state index contributed by atoms with van der Waals surface area (Å²) >= 11 is 0. The highest BCUT2D eigenvalue weighted by molar-refractivity contribution is 6.10. The van der Waals surface area contributed by atoms with Crippen molar-refractivity contribution in [3.63, 3.8) is 0 Å². The van der Waals surface area contributed by atoms with Gasteiger partial charge in [0.25, 0.3) is 5.69 Å². The quantitative estimate of drug-likeness (QED) is 0.0714. The molecule has 14 heteroatoms. The van der Waals surface area contributed by atoms with Gasteiger partial charge in [0.2, 0.25) is 5.76 Å². The molecule has 14 nitrogen and oxygen atoms in total. The average Bonchev–Trinajstić information content (AvgIpc) is 3.49. The molecule has 0 aliphatic rings. The highest BCUT2D eigenvalue weighted by atomic mass is 16.6. The monoisotopic (exact) mass is 629 g/mol. The topological polar surface area (TPSA) is 178 Å². The highest BCUT2D eigenvalue weighted by Gasteiger charge is 2.41. The van der Waals surface area contributed by atoms with Gasteiger partial charge in [-0.05, 0) is 36.4 Å². The molecule has 0 radical (unpaired) electrons. The maximum atomic E-state index is 13.5. The molecule has 0 amide bonds. The fourth-order valence-electron chi connectivity index (χ4n) is 4.63. The molecule has 1 atom stereocenters. The van der Waals surface area contributed by atoms with Gasteiger partial charge in [0.15, 0.2) is 5.76 Å². The third-order valence-electron chi connectivity index (χ3n) is 6.68. The van der Waals surface area contributed by atoms with Crippen molar-refractivity contribution in [1.82, 2.24) is 4.98 Å². The van der Waals surface area contributed by atoms with E-state index >= 15 is 0 Å². The van der Waals surface area contributed by atoms with Gasteiger partial charge in [0, 0.05) is 35.7 Å². The van der Waals surface area contributed by atoms with Crippen molar-refractivity contribution in [2.75, 3.05) is 33.3 Å². The van der Waals surface area contributed by atoms with E-state index in [-0.39, 0.29) is 34.0 Å². The average molecular weight is 630 g/mol. The van der Waals surface area contributed by atoms with Gasteiger partial charge in [0.1, 0.15) is 17.3 Å². The molecule has 0 N–H and O–H groups in total. The van der Waals surface area contributed by atoms with Gasteiger partial charge < -0.3 is 28.3 Å². The van der Waals surface area contributed by atoms with Crippen molar-refractivity contribution in [3.05, 3.63) is 118 Å². The van der Waals surface area contributed by atoms with Crippen LogP contribution in [0.15, 0.2) is 95.1 Å². The zero-order valence-corrected chi connectivity index (χ0v) is 25.0. The second kappa shape index (κ2) is 14.4. The van der Waals surface area contributed by atoms with Crippen LogP contribution >= 0.6 is 0 Å². The zero-order chi connectivity index (χ0) is 33.4. The van der Waals surface area contributed by atoms with E-state index in [9.17, 15) is 29.3 Å². The minimum atomic E-state index is -1.35. The molecule has 4 aromatic rings. The van der Waals surface area contributed by atoms with Crippen LogP contribution in [0.2, 0.25) is 0 Å². The number of para-hydroxylation sites is 1. The Labute approximate surface area is 261 Å². The number of aromatic nitrogens is 1. The molecular weight excluding hydrogens is 602 g/mol. The molecule has 0 saturated carbocycles. The summed E-state index contributed by atoms with van der Waals surface area (Å²) in [5.41, 5.74) is -0.334. The molecule has 1 unspecified atom stereocenters. The first-order valence-corrected chi connectivity index (χ1v) is 13.4. The highest BCUT2D eigenvalue weighted by Crippen LogP contribution is 2.48. The Bertz CT molecular complexity index is 1780. The molecule has 46 heavy (non-hydrogen) atoms. The molecule has 0 bridgehead atoms. The molecule has 2 heterocycles. The number of pyridine rings is 1. The maximum absolute atomic E-state index is 13.5. The van der Waals surface area contributed by atoms with Gasteiger partial charge in [-0.3, -0.25) is 15.1 Å². The summed E-state index contributed by atoms with van der Waals surface area (Å²) < 4.78 is 25.9. The lowest BCUT2D eigenvalue weighted by atomic mass is 9.96. The molecule has 236 valence electrons. The molecule has 2 aromatic carbocycles. The molecule has 2 aromatic heterocycles. The number of benzene rings is 2. The number of carbonyl (C=O) groups excluding carboxylic acids is 4. The lowest BCUT2D eigenvalue weighted by Gasteiger charge is -2.34. The van der Waals surface area contributed by atoms with E-state index in [2.05, 4.69) is 4.98 Å². The molecular formula is C32H27N3O11. The van der Waals surface area contributed by atoms with Crippen molar-refractivity contribution in [1.29, 1.82) is 0 Å². The van der Waals surface area contributed by atoms with E-state index in [4.69, 9.17) is 23.4 Å². The fourth-order valence-corrected chi connectivity index (χ4v) is 4.63. The molecule has 0 aliphatic heterocycles. The maximum Gasteiger partial charge on any atom is 0.374 e.